The lowest BCUT2D eigenvalue weighted by Crippen LogP contribution is -2.38. The Morgan fingerprint density at radius 2 is 1.76 bits per heavy atom. The van der Waals surface area contributed by atoms with Crippen molar-refractivity contribution in [3.8, 4) is 17.2 Å². The molecule has 1 heterocycles. The first-order valence-corrected chi connectivity index (χ1v) is 14.7. The topological polar surface area (TPSA) is 88.5 Å². The third-order valence-corrected chi connectivity index (χ3v) is 7.39. The minimum absolute atomic E-state index is 0.0650. The Morgan fingerprint density at radius 1 is 1.02 bits per heavy atom. The maximum absolute atomic E-state index is 13.5. The number of hydrogen-bond acceptors (Lipinski definition) is 7. The van der Waals surface area contributed by atoms with Gasteiger partial charge in [-0.25, -0.2) is 0 Å². The SMILES string of the molecule is CCCCOc1ccc(C2/C(=C(\O)c3ccc(OCC(C)C)cc3C)C(=O)C(=O)N2CCN(CC)CC)cc1OC. The fourth-order valence-electron chi connectivity index (χ4n) is 4.95. The molecule has 1 amide bonds. The summed E-state index contributed by atoms with van der Waals surface area (Å²) in [6.07, 6.45) is 1.92. The second kappa shape index (κ2) is 14.9. The van der Waals surface area contributed by atoms with Gasteiger partial charge in [0.25, 0.3) is 11.7 Å². The molecule has 1 N–H and O–H groups in total. The number of Topliss-reactive ketones (excluding diaryl/α,β-unsaturated/α-hetero) is 1. The van der Waals surface area contributed by atoms with E-state index in [1.165, 1.54) is 0 Å². The average Bonchev–Trinajstić information content (AvgIpc) is 3.21. The molecule has 8 heteroatoms. The number of benzene rings is 2. The second-order valence-corrected chi connectivity index (χ2v) is 10.8. The predicted octanol–water partition coefficient (Wildman–Crippen LogP) is 5.98. The Kier molecular flexibility index (Phi) is 11.6. The van der Waals surface area contributed by atoms with E-state index in [0.717, 1.165) is 31.5 Å². The smallest absolute Gasteiger partial charge is 0.295 e. The van der Waals surface area contributed by atoms with E-state index in [-0.39, 0.29) is 11.3 Å². The Morgan fingerprint density at radius 3 is 2.37 bits per heavy atom. The van der Waals surface area contributed by atoms with Gasteiger partial charge in [0.15, 0.2) is 11.5 Å². The van der Waals surface area contributed by atoms with Gasteiger partial charge < -0.3 is 29.1 Å². The number of rotatable bonds is 15. The summed E-state index contributed by atoms with van der Waals surface area (Å²) in [5.74, 6) is 0.639. The molecule has 1 aliphatic rings. The number of ether oxygens (including phenoxy) is 3. The molecular weight excluding hydrogens is 520 g/mol. The molecule has 1 fully saturated rings. The molecule has 0 aromatic heterocycles. The first-order chi connectivity index (χ1) is 19.7. The number of likely N-dealkylation sites (N-methyl/N-ethyl adjacent to an activating group) is 1. The number of aliphatic hydroxyl groups is 1. The van der Waals surface area contributed by atoms with E-state index < -0.39 is 17.7 Å². The van der Waals surface area contributed by atoms with Crippen LogP contribution in [0, 0.1) is 12.8 Å². The van der Waals surface area contributed by atoms with E-state index in [2.05, 4.69) is 39.5 Å². The molecule has 1 atom stereocenters. The molecule has 2 aromatic carbocycles. The van der Waals surface area contributed by atoms with Crippen LogP contribution >= 0.6 is 0 Å². The van der Waals surface area contributed by atoms with Gasteiger partial charge in [0.05, 0.1) is 31.9 Å². The number of amides is 1. The second-order valence-electron chi connectivity index (χ2n) is 10.8. The third-order valence-electron chi connectivity index (χ3n) is 7.39. The van der Waals surface area contributed by atoms with Crippen molar-refractivity contribution < 1.29 is 28.9 Å². The van der Waals surface area contributed by atoms with Gasteiger partial charge >= 0.3 is 0 Å². The van der Waals surface area contributed by atoms with Gasteiger partial charge in [0, 0.05) is 18.7 Å². The van der Waals surface area contributed by atoms with Crippen molar-refractivity contribution in [2.75, 3.05) is 46.5 Å². The van der Waals surface area contributed by atoms with Crippen molar-refractivity contribution >= 4 is 17.4 Å². The lowest BCUT2D eigenvalue weighted by Gasteiger charge is -2.28. The Balaban J connectivity index is 2.10. The summed E-state index contributed by atoms with van der Waals surface area (Å²) in [5, 5.41) is 11.6. The third kappa shape index (κ3) is 7.61. The predicted molar refractivity (Wildman–Crippen MR) is 162 cm³/mol. The molecule has 2 aromatic rings. The first-order valence-electron chi connectivity index (χ1n) is 14.7. The van der Waals surface area contributed by atoms with Crippen molar-refractivity contribution in [1.82, 2.24) is 9.80 Å². The van der Waals surface area contributed by atoms with Gasteiger partial charge in [0.2, 0.25) is 0 Å². The summed E-state index contributed by atoms with van der Waals surface area (Å²) in [4.78, 5) is 30.8. The van der Waals surface area contributed by atoms with Crippen LogP contribution in [0.15, 0.2) is 42.0 Å². The van der Waals surface area contributed by atoms with Crippen molar-refractivity contribution in [2.45, 2.75) is 60.4 Å². The molecule has 0 saturated carbocycles. The number of unbranched alkanes of at least 4 members (excludes halogenated alkanes) is 1. The van der Waals surface area contributed by atoms with Crippen LogP contribution in [0.2, 0.25) is 0 Å². The van der Waals surface area contributed by atoms with Crippen LogP contribution in [0.3, 0.4) is 0 Å². The number of methoxy groups -OCH3 is 1. The van der Waals surface area contributed by atoms with Crippen LogP contribution in [0.4, 0.5) is 0 Å². The Hall–Kier alpha value is -3.52. The summed E-state index contributed by atoms with van der Waals surface area (Å²) in [7, 11) is 1.56. The highest BCUT2D eigenvalue weighted by molar-refractivity contribution is 6.46. The molecule has 0 radical (unpaired) electrons. The van der Waals surface area contributed by atoms with Crippen LogP contribution in [-0.4, -0.2) is 73.1 Å². The molecule has 8 nitrogen and oxygen atoms in total. The highest BCUT2D eigenvalue weighted by atomic mass is 16.5. The minimum atomic E-state index is -0.777. The zero-order chi connectivity index (χ0) is 30.1. The monoisotopic (exact) mass is 566 g/mol. The highest BCUT2D eigenvalue weighted by Crippen LogP contribution is 2.42. The van der Waals surface area contributed by atoms with Crippen LogP contribution in [0.25, 0.3) is 5.76 Å². The van der Waals surface area contributed by atoms with Gasteiger partial charge in [0.1, 0.15) is 11.5 Å². The van der Waals surface area contributed by atoms with Gasteiger partial charge in [-0.15, -0.1) is 0 Å². The summed E-state index contributed by atoms with van der Waals surface area (Å²) >= 11 is 0. The fraction of sp³-hybridized carbons (Fsp3) is 0.515. The van der Waals surface area contributed by atoms with Gasteiger partial charge in [-0.3, -0.25) is 9.59 Å². The Labute approximate surface area is 244 Å². The van der Waals surface area contributed by atoms with Gasteiger partial charge in [-0.1, -0.05) is 47.1 Å². The summed E-state index contributed by atoms with van der Waals surface area (Å²) in [6, 6.07) is 10.0. The van der Waals surface area contributed by atoms with Crippen molar-refractivity contribution in [3.05, 3.63) is 58.7 Å². The molecule has 0 aliphatic carbocycles. The molecule has 0 spiro atoms. The van der Waals surface area contributed by atoms with Crippen LogP contribution in [0.5, 0.6) is 17.2 Å². The average molecular weight is 567 g/mol. The van der Waals surface area contributed by atoms with E-state index >= 15 is 0 Å². The number of hydrogen-bond donors (Lipinski definition) is 1. The van der Waals surface area contributed by atoms with Crippen molar-refractivity contribution in [1.29, 1.82) is 0 Å². The number of nitrogens with zero attached hydrogens (tertiary/aromatic N) is 2. The number of carbonyl (C=O) groups excluding carboxylic acids is 2. The largest absolute Gasteiger partial charge is 0.507 e. The molecule has 1 unspecified atom stereocenters. The molecule has 224 valence electrons. The number of ketones is 1. The quantitative estimate of drug-likeness (QED) is 0.123. The molecule has 3 rings (SSSR count). The van der Waals surface area contributed by atoms with E-state index in [4.69, 9.17) is 14.2 Å². The molecular formula is C33H46N2O6. The fourth-order valence-corrected chi connectivity index (χ4v) is 4.95. The summed E-state index contributed by atoms with van der Waals surface area (Å²) in [6.45, 7) is 16.0. The minimum Gasteiger partial charge on any atom is -0.507 e. The van der Waals surface area contributed by atoms with Crippen LogP contribution in [-0.2, 0) is 9.59 Å². The number of aryl methyl sites for hydroxylation is 1. The maximum Gasteiger partial charge on any atom is 0.295 e. The molecule has 0 bridgehead atoms. The van der Waals surface area contributed by atoms with Crippen molar-refractivity contribution in [2.24, 2.45) is 5.92 Å². The van der Waals surface area contributed by atoms with E-state index in [1.54, 1.807) is 36.3 Å². The zero-order valence-electron chi connectivity index (χ0n) is 25.7. The number of aliphatic hydroxyl groups excluding tert-OH is 1. The summed E-state index contributed by atoms with van der Waals surface area (Å²) < 4.78 is 17.4. The molecule has 41 heavy (non-hydrogen) atoms. The highest BCUT2D eigenvalue weighted by Gasteiger charge is 2.46. The zero-order valence-corrected chi connectivity index (χ0v) is 25.7. The molecule has 1 saturated heterocycles. The van der Waals surface area contributed by atoms with E-state index in [9.17, 15) is 14.7 Å². The maximum atomic E-state index is 13.5. The van der Waals surface area contributed by atoms with Gasteiger partial charge in [-0.05, 0) is 73.8 Å². The summed E-state index contributed by atoms with van der Waals surface area (Å²) in [5.41, 5.74) is 1.96. The van der Waals surface area contributed by atoms with Crippen LogP contribution in [0.1, 0.15) is 70.2 Å². The van der Waals surface area contributed by atoms with E-state index in [0.29, 0.717) is 60.6 Å². The van der Waals surface area contributed by atoms with Gasteiger partial charge in [-0.2, -0.15) is 0 Å². The van der Waals surface area contributed by atoms with Crippen LogP contribution < -0.4 is 14.2 Å². The number of carbonyl (C=O) groups is 2. The molecule has 1 aliphatic heterocycles. The number of likely N-dealkylation sites (tertiary alicyclic amines) is 1. The van der Waals surface area contributed by atoms with Crippen molar-refractivity contribution in [3.63, 3.8) is 0 Å². The standard InChI is InChI=1S/C33H46N2O6/c1-8-11-18-40-27-15-12-24(20-28(27)39-7)30-29(32(37)33(38)35(30)17-16-34(9-2)10-3)31(36)26-14-13-25(19-23(26)6)41-21-22(4)5/h12-15,19-20,22,30,36H,8-11,16-18,21H2,1-7H3/b31-29+. The lowest BCUT2D eigenvalue weighted by atomic mass is 9.93. The Bertz CT molecular complexity index is 1230. The first kappa shape index (κ1) is 32.0. The van der Waals surface area contributed by atoms with E-state index in [1.807, 2.05) is 19.1 Å². The lowest BCUT2D eigenvalue weighted by molar-refractivity contribution is -0.140. The normalized spacial score (nSPS) is 16.6.